The first-order chi connectivity index (χ1) is 9.87. The van der Waals surface area contributed by atoms with Gasteiger partial charge in [-0.25, -0.2) is 8.42 Å². The fourth-order valence-electron chi connectivity index (χ4n) is 2.88. The van der Waals surface area contributed by atoms with Gasteiger partial charge in [0.25, 0.3) is 0 Å². The zero-order valence-corrected chi connectivity index (χ0v) is 14.0. The van der Waals surface area contributed by atoms with Crippen LogP contribution in [0.5, 0.6) is 0 Å². The van der Waals surface area contributed by atoms with Crippen molar-refractivity contribution >= 4 is 10.0 Å². The second-order valence-corrected chi connectivity index (χ2v) is 7.67. The number of piperidine rings is 1. The molecule has 0 aromatic carbocycles. The number of H-pyrrole nitrogens is 1. The third-order valence-electron chi connectivity index (χ3n) is 4.06. The lowest BCUT2D eigenvalue weighted by atomic mass is 10.1. The van der Waals surface area contributed by atoms with Gasteiger partial charge in [0.2, 0.25) is 10.0 Å². The zero-order chi connectivity index (χ0) is 15.6. The highest BCUT2D eigenvalue weighted by atomic mass is 32.2. The van der Waals surface area contributed by atoms with Gasteiger partial charge in [-0.2, -0.15) is 9.40 Å². The van der Waals surface area contributed by atoms with Crippen LogP contribution < -0.4 is 5.32 Å². The lowest BCUT2D eigenvalue weighted by molar-refractivity contribution is 0.187. The van der Waals surface area contributed by atoms with Gasteiger partial charge in [0.1, 0.15) is 4.90 Å². The predicted molar refractivity (Wildman–Crippen MR) is 81.6 cm³/mol. The molecule has 0 aliphatic carbocycles. The Morgan fingerprint density at radius 2 is 2.24 bits per heavy atom. The number of aromatic amines is 1. The zero-order valence-electron chi connectivity index (χ0n) is 13.2. The molecule has 1 saturated heterocycles. The van der Waals surface area contributed by atoms with E-state index >= 15 is 0 Å². The summed E-state index contributed by atoms with van der Waals surface area (Å²) < 4.78 is 27.4. The summed E-state index contributed by atoms with van der Waals surface area (Å²) in [6.07, 6.45) is 1.92. The number of nitrogens with one attached hydrogen (secondary N) is 2. The minimum atomic E-state index is -3.53. The second kappa shape index (κ2) is 6.43. The summed E-state index contributed by atoms with van der Waals surface area (Å²) in [6, 6.07) is 0.0190. The SMILES string of the molecule is CNCc1n[nH]c(C)c1S(=O)(=O)N(C)C1CCCN(C)C1. The molecule has 1 aliphatic heterocycles. The highest BCUT2D eigenvalue weighted by Gasteiger charge is 2.34. The average molecular weight is 315 g/mol. The van der Waals surface area contributed by atoms with Gasteiger partial charge in [-0.3, -0.25) is 5.10 Å². The van der Waals surface area contributed by atoms with Crippen LogP contribution in [0.2, 0.25) is 0 Å². The summed E-state index contributed by atoms with van der Waals surface area (Å²) in [4.78, 5) is 2.49. The molecular formula is C13H25N5O2S. The van der Waals surface area contributed by atoms with E-state index in [0.717, 1.165) is 25.9 Å². The molecule has 7 nitrogen and oxygen atoms in total. The quantitative estimate of drug-likeness (QED) is 0.808. The summed E-state index contributed by atoms with van der Waals surface area (Å²) in [6.45, 7) is 3.98. The average Bonchev–Trinajstić information content (AvgIpc) is 2.80. The van der Waals surface area contributed by atoms with Crippen LogP contribution in [0.4, 0.5) is 0 Å². The summed E-state index contributed by atoms with van der Waals surface area (Å²) in [7, 11) is 1.95. The Bertz CT molecular complexity index is 583. The molecule has 120 valence electrons. The summed E-state index contributed by atoms with van der Waals surface area (Å²) >= 11 is 0. The standard InChI is InChI=1S/C13H25N5O2S/c1-10-13(12(8-14-2)16-15-10)21(19,20)18(4)11-6-5-7-17(3)9-11/h11,14H,5-9H2,1-4H3,(H,15,16). The lowest BCUT2D eigenvalue weighted by Gasteiger charge is -2.35. The van der Waals surface area contributed by atoms with Crippen molar-refractivity contribution in [2.24, 2.45) is 0 Å². The van der Waals surface area contributed by atoms with Crippen molar-refractivity contribution in [3.63, 3.8) is 0 Å². The monoisotopic (exact) mass is 315 g/mol. The maximum absolute atomic E-state index is 12.9. The van der Waals surface area contributed by atoms with Crippen LogP contribution in [-0.4, -0.2) is 68.1 Å². The van der Waals surface area contributed by atoms with Crippen LogP contribution in [0.3, 0.4) is 0 Å². The van der Waals surface area contributed by atoms with Gasteiger partial charge in [-0.15, -0.1) is 0 Å². The fraction of sp³-hybridized carbons (Fsp3) is 0.769. The largest absolute Gasteiger partial charge is 0.314 e. The molecule has 0 radical (unpaired) electrons. The van der Waals surface area contributed by atoms with E-state index < -0.39 is 10.0 Å². The van der Waals surface area contributed by atoms with Crippen LogP contribution in [0.15, 0.2) is 4.90 Å². The summed E-state index contributed by atoms with van der Waals surface area (Å²) in [5.74, 6) is 0. The first-order valence-electron chi connectivity index (χ1n) is 7.23. The molecule has 2 heterocycles. The van der Waals surface area contributed by atoms with Crippen molar-refractivity contribution in [2.75, 3.05) is 34.2 Å². The lowest BCUT2D eigenvalue weighted by Crippen LogP contribution is -2.47. The van der Waals surface area contributed by atoms with E-state index in [-0.39, 0.29) is 6.04 Å². The molecule has 1 aromatic heterocycles. The van der Waals surface area contributed by atoms with E-state index in [1.54, 1.807) is 21.0 Å². The van der Waals surface area contributed by atoms with Crippen molar-refractivity contribution in [2.45, 2.75) is 37.2 Å². The third-order valence-corrected chi connectivity index (χ3v) is 6.17. The van der Waals surface area contributed by atoms with Crippen molar-refractivity contribution in [1.82, 2.24) is 24.7 Å². The van der Waals surface area contributed by atoms with E-state index in [1.807, 2.05) is 7.05 Å². The Morgan fingerprint density at radius 1 is 1.52 bits per heavy atom. The van der Waals surface area contributed by atoms with Crippen LogP contribution in [0.25, 0.3) is 0 Å². The summed E-state index contributed by atoms with van der Waals surface area (Å²) in [5.41, 5.74) is 1.14. The predicted octanol–water partition coefficient (Wildman–Crippen LogP) is 0.152. The highest BCUT2D eigenvalue weighted by Crippen LogP contribution is 2.25. The molecular weight excluding hydrogens is 290 g/mol. The fourth-order valence-corrected chi connectivity index (χ4v) is 4.58. The number of sulfonamides is 1. The van der Waals surface area contributed by atoms with Crippen LogP contribution in [0, 0.1) is 6.92 Å². The van der Waals surface area contributed by atoms with Gasteiger partial charge in [-0.1, -0.05) is 0 Å². The van der Waals surface area contributed by atoms with Gasteiger partial charge < -0.3 is 10.2 Å². The number of likely N-dealkylation sites (N-methyl/N-ethyl adjacent to an activating group) is 2. The normalized spacial score (nSPS) is 21.1. The molecule has 1 atom stereocenters. The molecule has 2 N–H and O–H groups in total. The number of aromatic nitrogens is 2. The van der Waals surface area contributed by atoms with Crippen LogP contribution >= 0.6 is 0 Å². The van der Waals surface area contributed by atoms with E-state index in [1.165, 1.54) is 4.31 Å². The molecule has 0 saturated carbocycles. The van der Waals surface area contributed by atoms with Gasteiger partial charge in [0.05, 0.1) is 11.4 Å². The Kier molecular flexibility index (Phi) is 5.03. The molecule has 1 unspecified atom stereocenters. The number of hydrogen-bond donors (Lipinski definition) is 2. The topological polar surface area (TPSA) is 81.3 Å². The van der Waals surface area contributed by atoms with E-state index in [2.05, 4.69) is 20.4 Å². The van der Waals surface area contributed by atoms with Crippen molar-refractivity contribution < 1.29 is 8.42 Å². The van der Waals surface area contributed by atoms with Crippen LogP contribution in [0.1, 0.15) is 24.2 Å². The highest BCUT2D eigenvalue weighted by molar-refractivity contribution is 7.89. The smallest absolute Gasteiger partial charge is 0.246 e. The van der Waals surface area contributed by atoms with E-state index in [4.69, 9.17) is 0 Å². The molecule has 1 aromatic rings. The minimum absolute atomic E-state index is 0.0190. The molecule has 1 fully saturated rings. The maximum Gasteiger partial charge on any atom is 0.246 e. The Balaban J connectivity index is 2.30. The van der Waals surface area contributed by atoms with Gasteiger partial charge in [-0.05, 0) is 40.4 Å². The van der Waals surface area contributed by atoms with Gasteiger partial charge >= 0.3 is 0 Å². The number of likely N-dealkylation sites (tertiary alicyclic amines) is 1. The molecule has 8 heteroatoms. The van der Waals surface area contributed by atoms with Gasteiger partial charge in [0, 0.05) is 26.2 Å². The molecule has 0 amide bonds. The molecule has 0 bridgehead atoms. The Labute approximate surface area is 126 Å². The van der Waals surface area contributed by atoms with Crippen molar-refractivity contribution in [1.29, 1.82) is 0 Å². The number of aryl methyl sites for hydroxylation is 1. The Hall–Kier alpha value is -0.960. The molecule has 2 rings (SSSR count). The molecule has 0 spiro atoms. The maximum atomic E-state index is 12.9. The van der Waals surface area contributed by atoms with Gasteiger partial charge in [0.15, 0.2) is 0 Å². The number of hydrogen-bond acceptors (Lipinski definition) is 5. The van der Waals surface area contributed by atoms with Crippen molar-refractivity contribution in [3.05, 3.63) is 11.4 Å². The summed E-state index contributed by atoms with van der Waals surface area (Å²) in [5, 5.41) is 9.86. The molecule has 1 aliphatic rings. The third kappa shape index (κ3) is 3.28. The molecule has 21 heavy (non-hydrogen) atoms. The first kappa shape index (κ1) is 16.4. The van der Waals surface area contributed by atoms with E-state index in [0.29, 0.717) is 22.8 Å². The van der Waals surface area contributed by atoms with E-state index in [9.17, 15) is 8.42 Å². The van der Waals surface area contributed by atoms with Crippen molar-refractivity contribution in [3.8, 4) is 0 Å². The Morgan fingerprint density at radius 3 is 2.86 bits per heavy atom. The second-order valence-electron chi connectivity index (χ2n) is 5.73. The minimum Gasteiger partial charge on any atom is -0.314 e. The van der Waals surface area contributed by atoms with Crippen LogP contribution in [-0.2, 0) is 16.6 Å². The first-order valence-corrected chi connectivity index (χ1v) is 8.67. The number of nitrogens with zero attached hydrogens (tertiary/aromatic N) is 3. The number of rotatable bonds is 5.